The van der Waals surface area contributed by atoms with Crippen LogP contribution in [0.3, 0.4) is 0 Å². The van der Waals surface area contributed by atoms with Crippen molar-refractivity contribution in [3.63, 3.8) is 0 Å². The van der Waals surface area contributed by atoms with Crippen LogP contribution in [0.15, 0.2) is 30.3 Å². The van der Waals surface area contributed by atoms with E-state index in [2.05, 4.69) is 56.5 Å². The van der Waals surface area contributed by atoms with Crippen molar-refractivity contribution in [3.05, 3.63) is 35.9 Å². The molecule has 0 radical (unpaired) electrons. The van der Waals surface area contributed by atoms with Crippen molar-refractivity contribution in [2.75, 3.05) is 7.05 Å². The Labute approximate surface area is 106 Å². The van der Waals surface area contributed by atoms with Crippen LogP contribution in [-0.4, -0.2) is 13.1 Å². The minimum atomic E-state index is 0.317. The molecule has 0 aliphatic heterocycles. The van der Waals surface area contributed by atoms with Gasteiger partial charge in [-0.15, -0.1) is 0 Å². The van der Waals surface area contributed by atoms with Gasteiger partial charge in [-0.3, -0.25) is 0 Å². The van der Waals surface area contributed by atoms with Crippen molar-refractivity contribution in [1.82, 2.24) is 5.32 Å². The van der Waals surface area contributed by atoms with Gasteiger partial charge in [-0.05, 0) is 44.2 Å². The first-order chi connectivity index (χ1) is 8.28. The molecular formula is C16H25N. The highest BCUT2D eigenvalue weighted by atomic mass is 14.9. The minimum Gasteiger partial charge on any atom is -0.316 e. The van der Waals surface area contributed by atoms with Crippen LogP contribution >= 0.6 is 0 Å². The van der Waals surface area contributed by atoms with E-state index < -0.39 is 0 Å². The first-order valence-electron chi connectivity index (χ1n) is 7.01. The van der Waals surface area contributed by atoms with E-state index >= 15 is 0 Å². The highest BCUT2D eigenvalue weighted by Gasteiger charge is 2.44. The maximum absolute atomic E-state index is 3.61. The Morgan fingerprint density at radius 2 is 1.76 bits per heavy atom. The summed E-state index contributed by atoms with van der Waals surface area (Å²) >= 11 is 0. The predicted molar refractivity (Wildman–Crippen MR) is 74.3 cm³/mol. The quantitative estimate of drug-likeness (QED) is 0.786. The lowest BCUT2D eigenvalue weighted by molar-refractivity contribution is 0.257. The third-order valence-corrected chi connectivity index (χ3v) is 4.61. The van der Waals surface area contributed by atoms with Crippen LogP contribution in [0.25, 0.3) is 0 Å². The molecule has 2 rings (SSSR count). The average Bonchev–Trinajstić information content (AvgIpc) is 3.21. The number of hydrogen-bond donors (Lipinski definition) is 1. The molecule has 0 heterocycles. The molecule has 1 aromatic rings. The summed E-state index contributed by atoms with van der Waals surface area (Å²) in [5.74, 6) is 0.889. The summed E-state index contributed by atoms with van der Waals surface area (Å²) in [4.78, 5) is 0. The van der Waals surface area contributed by atoms with Gasteiger partial charge in [0.25, 0.3) is 0 Å². The van der Waals surface area contributed by atoms with E-state index in [9.17, 15) is 0 Å². The topological polar surface area (TPSA) is 12.0 Å². The molecule has 1 fully saturated rings. The second-order valence-electron chi connectivity index (χ2n) is 5.33. The molecule has 1 aromatic carbocycles. The summed E-state index contributed by atoms with van der Waals surface area (Å²) in [7, 11) is 2.13. The smallest absolute Gasteiger partial charge is 0.0189 e. The zero-order valence-corrected chi connectivity index (χ0v) is 11.4. The Morgan fingerprint density at radius 1 is 1.18 bits per heavy atom. The third-order valence-electron chi connectivity index (χ3n) is 4.61. The van der Waals surface area contributed by atoms with E-state index in [1.165, 1.54) is 31.2 Å². The van der Waals surface area contributed by atoms with Crippen LogP contribution in [0.5, 0.6) is 0 Å². The zero-order chi connectivity index (χ0) is 12.3. The van der Waals surface area contributed by atoms with Gasteiger partial charge >= 0.3 is 0 Å². The highest BCUT2D eigenvalue weighted by molar-refractivity contribution is 5.28. The molecule has 1 nitrogen and oxygen atoms in total. The van der Waals surface area contributed by atoms with Crippen LogP contribution < -0.4 is 5.32 Å². The Hall–Kier alpha value is -0.820. The van der Waals surface area contributed by atoms with E-state index in [1.807, 2.05) is 0 Å². The fourth-order valence-corrected chi connectivity index (χ4v) is 3.44. The van der Waals surface area contributed by atoms with Crippen LogP contribution in [-0.2, 0) is 5.41 Å². The largest absolute Gasteiger partial charge is 0.316 e. The molecule has 1 saturated carbocycles. The second kappa shape index (κ2) is 5.22. The van der Waals surface area contributed by atoms with Crippen LogP contribution in [0.2, 0.25) is 0 Å². The number of benzene rings is 1. The first kappa shape index (κ1) is 12.6. The zero-order valence-electron chi connectivity index (χ0n) is 11.4. The van der Waals surface area contributed by atoms with Crippen molar-refractivity contribution >= 4 is 0 Å². The lowest BCUT2D eigenvalue weighted by Crippen LogP contribution is -2.48. The predicted octanol–water partition coefficient (Wildman–Crippen LogP) is 3.74. The van der Waals surface area contributed by atoms with Gasteiger partial charge in [0.05, 0.1) is 0 Å². The Balaban J connectivity index is 2.36. The Bertz CT molecular complexity index is 336. The van der Waals surface area contributed by atoms with E-state index in [1.54, 1.807) is 0 Å². The molecule has 1 N–H and O–H groups in total. The van der Waals surface area contributed by atoms with Gasteiger partial charge in [-0.2, -0.15) is 0 Å². The van der Waals surface area contributed by atoms with Gasteiger partial charge < -0.3 is 5.32 Å². The molecule has 0 spiro atoms. The Morgan fingerprint density at radius 3 is 2.18 bits per heavy atom. The molecule has 0 saturated heterocycles. The number of rotatable bonds is 6. The van der Waals surface area contributed by atoms with Gasteiger partial charge in [-0.25, -0.2) is 0 Å². The van der Waals surface area contributed by atoms with Gasteiger partial charge in [0.1, 0.15) is 0 Å². The maximum Gasteiger partial charge on any atom is 0.0189 e. The molecule has 1 aliphatic carbocycles. The number of nitrogens with one attached hydrogen (secondary N) is 1. The normalized spacial score (nSPS) is 18.1. The second-order valence-corrected chi connectivity index (χ2v) is 5.33. The molecule has 0 aromatic heterocycles. The summed E-state index contributed by atoms with van der Waals surface area (Å²) in [5, 5.41) is 3.61. The summed E-state index contributed by atoms with van der Waals surface area (Å²) in [6.07, 6.45) is 5.24. The molecule has 1 aliphatic rings. The fraction of sp³-hybridized carbons (Fsp3) is 0.625. The lowest BCUT2D eigenvalue weighted by Gasteiger charge is -2.40. The molecule has 94 valence electrons. The molecular weight excluding hydrogens is 206 g/mol. The first-order valence-corrected chi connectivity index (χ1v) is 7.01. The molecule has 0 bridgehead atoms. The summed E-state index contributed by atoms with van der Waals surface area (Å²) in [6, 6.07) is 11.7. The van der Waals surface area contributed by atoms with Crippen LogP contribution in [0.4, 0.5) is 0 Å². The van der Waals surface area contributed by atoms with Crippen LogP contribution in [0, 0.1) is 5.92 Å². The minimum absolute atomic E-state index is 0.317. The molecule has 1 unspecified atom stereocenters. The SMILES string of the molecule is CCC(CC)(c1ccccc1)C(NC)C1CC1. The van der Waals surface area contributed by atoms with Crippen molar-refractivity contribution < 1.29 is 0 Å². The summed E-state index contributed by atoms with van der Waals surface area (Å²) < 4.78 is 0. The van der Waals surface area contributed by atoms with Crippen molar-refractivity contribution in [2.24, 2.45) is 5.92 Å². The Kier molecular flexibility index (Phi) is 3.88. The van der Waals surface area contributed by atoms with E-state index in [0.717, 1.165) is 5.92 Å². The van der Waals surface area contributed by atoms with E-state index in [0.29, 0.717) is 11.5 Å². The van der Waals surface area contributed by atoms with Crippen LogP contribution in [0.1, 0.15) is 45.1 Å². The third kappa shape index (κ3) is 2.26. The van der Waals surface area contributed by atoms with E-state index in [4.69, 9.17) is 0 Å². The molecule has 1 heteroatoms. The van der Waals surface area contributed by atoms with Gasteiger partial charge in [0, 0.05) is 11.5 Å². The summed E-state index contributed by atoms with van der Waals surface area (Å²) in [5.41, 5.74) is 1.83. The number of likely N-dealkylation sites (N-methyl/N-ethyl adjacent to an activating group) is 1. The monoisotopic (exact) mass is 231 g/mol. The maximum atomic E-state index is 3.61. The lowest BCUT2D eigenvalue weighted by atomic mass is 9.68. The standard InChI is InChI=1S/C16H25N/c1-4-16(5-2,14-9-7-6-8-10-14)15(17-3)13-11-12-13/h6-10,13,15,17H,4-5,11-12H2,1-3H3. The van der Waals surface area contributed by atoms with Gasteiger partial charge in [-0.1, -0.05) is 44.2 Å². The average molecular weight is 231 g/mol. The van der Waals surface area contributed by atoms with Gasteiger partial charge in [0.2, 0.25) is 0 Å². The van der Waals surface area contributed by atoms with Crippen molar-refractivity contribution in [3.8, 4) is 0 Å². The number of hydrogen-bond acceptors (Lipinski definition) is 1. The van der Waals surface area contributed by atoms with Crippen molar-refractivity contribution in [1.29, 1.82) is 0 Å². The highest BCUT2D eigenvalue weighted by Crippen LogP contribution is 2.45. The van der Waals surface area contributed by atoms with Gasteiger partial charge in [0.15, 0.2) is 0 Å². The molecule has 0 amide bonds. The van der Waals surface area contributed by atoms with Crippen molar-refractivity contribution in [2.45, 2.75) is 51.0 Å². The molecule has 1 atom stereocenters. The van der Waals surface area contributed by atoms with E-state index in [-0.39, 0.29) is 0 Å². The molecule has 17 heavy (non-hydrogen) atoms. The fourth-order valence-electron chi connectivity index (χ4n) is 3.44. The summed E-state index contributed by atoms with van der Waals surface area (Å²) in [6.45, 7) is 4.67.